The van der Waals surface area contributed by atoms with Crippen molar-refractivity contribution in [3.63, 3.8) is 0 Å². The molecule has 0 saturated heterocycles. The molecule has 1 saturated carbocycles. The number of fused-ring (bicyclic) bond motifs is 3. The topological polar surface area (TPSA) is 54.5 Å². The zero-order valence-electron chi connectivity index (χ0n) is 18.1. The number of rotatable bonds is 1. The quantitative estimate of drug-likeness (QED) is 0.672. The van der Waals surface area contributed by atoms with Crippen LogP contribution in [-0.4, -0.2) is 36.5 Å². The van der Waals surface area contributed by atoms with Gasteiger partial charge in [-0.15, -0.1) is 0 Å². The molecule has 2 unspecified atom stereocenters. The van der Waals surface area contributed by atoms with Crippen LogP contribution in [0.15, 0.2) is 34.4 Å². The first-order chi connectivity index (χ1) is 13.6. The van der Waals surface area contributed by atoms with E-state index >= 15 is 0 Å². The van der Waals surface area contributed by atoms with E-state index in [-0.39, 0.29) is 28.4 Å². The molecule has 154 valence electrons. The van der Waals surface area contributed by atoms with E-state index in [4.69, 9.17) is 0 Å². The van der Waals surface area contributed by atoms with Crippen LogP contribution in [0, 0.1) is 22.2 Å². The first-order valence-corrected chi connectivity index (χ1v) is 11.1. The Morgan fingerprint density at radius 3 is 2.55 bits per heavy atom. The number of hydrogen-bond donors (Lipinski definition) is 0. The van der Waals surface area contributed by atoms with E-state index in [1.54, 1.807) is 4.90 Å². The Balaban J connectivity index is 1.74. The molecule has 4 nitrogen and oxygen atoms in total. The molecule has 1 amide bonds. The summed E-state index contributed by atoms with van der Waals surface area (Å²) in [6.07, 6.45) is 10.4. The molecule has 1 spiro atoms. The maximum atomic E-state index is 13.3. The molecule has 4 atom stereocenters. The Bertz CT molecular complexity index is 951. The predicted molar refractivity (Wildman–Crippen MR) is 111 cm³/mol. The molecule has 0 aromatic heterocycles. The molecule has 0 aromatic rings. The second-order valence-electron chi connectivity index (χ2n) is 10.6. The second-order valence-corrected chi connectivity index (χ2v) is 10.6. The van der Waals surface area contributed by atoms with Gasteiger partial charge in [-0.3, -0.25) is 14.4 Å². The second kappa shape index (κ2) is 5.80. The van der Waals surface area contributed by atoms with Gasteiger partial charge in [0.15, 0.2) is 5.78 Å². The molecule has 5 aliphatic rings. The fraction of sp³-hybridized carbons (Fsp3) is 0.640. The molecule has 0 bridgehead atoms. The molecule has 0 aliphatic heterocycles. The number of hydrogen-bond acceptors (Lipinski definition) is 3. The van der Waals surface area contributed by atoms with Gasteiger partial charge in [0.05, 0.1) is 11.3 Å². The highest BCUT2D eigenvalue weighted by molar-refractivity contribution is 5.97. The highest BCUT2D eigenvalue weighted by Crippen LogP contribution is 2.70. The molecular weight excluding hydrogens is 362 g/mol. The van der Waals surface area contributed by atoms with Crippen molar-refractivity contribution in [2.45, 2.75) is 65.2 Å². The number of ketones is 2. The van der Waals surface area contributed by atoms with Gasteiger partial charge < -0.3 is 4.90 Å². The van der Waals surface area contributed by atoms with Gasteiger partial charge >= 0.3 is 0 Å². The Morgan fingerprint density at radius 2 is 1.83 bits per heavy atom. The average Bonchev–Trinajstić information content (AvgIpc) is 3.11. The third-order valence-corrected chi connectivity index (χ3v) is 9.08. The van der Waals surface area contributed by atoms with Crippen LogP contribution < -0.4 is 0 Å². The molecular formula is C25H31NO3. The van der Waals surface area contributed by atoms with Crippen molar-refractivity contribution in [1.29, 1.82) is 0 Å². The third-order valence-electron chi connectivity index (χ3n) is 9.08. The molecule has 29 heavy (non-hydrogen) atoms. The molecule has 4 heteroatoms. The van der Waals surface area contributed by atoms with Crippen molar-refractivity contribution in [3.8, 4) is 0 Å². The zero-order valence-corrected chi connectivity index (χ0v) is 18.1. The number of nitrogens with zero attached hydrogens (tertiary/aromatic N) is 1. The summed E-state index contributed by atoms with van der Waals surface area (Å²) in [5, 5.41) is 0. The number of amides is 1. The fourth-order valence-corrected chi connectivity index (χ4v) is 7.34. The predicted octanol–water partition coefficient (Wildman–Crippen LogP) is 4.17. The normalized spacial score (nSPS) is 40.6. The first kappa shape index (κ1) is 19.0. The van der Waals surface area contributed by atoms with Gasteiger partial charge in [0, 0.05) is 32.4 Å². The van der Waals surface area contributed by atoms with Crippen LogP contribution in [-0.2, 0) is 14.4 Å². The molecule has 0 heterocycles. The Kier molecular flexibility index (Phi) is 3.80. The molecule has 0 N–H and O–H groups in total. The largest absolute Gasteiger partial charge is 0.348 e. The summed E-state index contributed by atoms with van der Waals surface area (Å²) in [6, 6.07) is 0. The van der Waals surface area contributed by atoms with Crippen LogP contribution >= 0.6 is 0 Å². The van der Waals surface area contributed by atoms with E-state index in [0.29, 0.717) is 25.0 Å². The van der Waals surface area contributed by atoms with Crippen LogP contribution in [0.25, 0.3) is 0 Å². The summed E-state index contributed by atoms with van der Waals surface area (Å²) in [4.78, 5) is 40.5. The molecule has 0 aromatic carbocycles. The Hall–Kier alpha value is -1.97. The highest BCUT2D eigenvalue weighted by atomic mass is 16.2. The highest BCUT2D eigenvalue weighted by Gasteiger charge is 2.65. The first-order valence-electron chi connectivity index (χ1n) is 11.1. The van der Waals surface area contributed by atoms with E-state index in [2.05, 4.69) is 19.9 Å². The lowest BCUT2D eigenvalue weighted by molar-refractivity contribution is -0.133. The van der Waals surface area contributed by atoms with Gasteiger partial charge in [-0.05, 0) is 61.2 Å². The molecule has 5 aliphatic carbocycles. The van der Waals surface area contributed by atoms with Crippen molar-refractivity contribution in [1.82, 2.24) is 4.90 Å². The van der Waals surface area contributed by atoms with Gasteiger partial charge in [0.1, 0.15) is 5.78 Å². The van der Waals surface area contributed by atoms with E-state index in [1.165, 1.54) is 16.7 Å². The van der Waals surface area contributed by atoms with Crippen LogP contribution in [0.3, 0.4) is 0 Å². The lowest BCUT2D eigenvalue weighted by Gasteiger charge is -2.52. The van der Waals surface area contributed by atoms with Crippen LogP contribution in [0.1, 0.15) is 65.2 Å². The maximum absolute atomic E-state index is 13.3. The van der Waals surface area contributed by atoms with Crippen LogP contribution in [0.5, 0.6) is 0 Å². The van der Waals surface area contributed by atoms with Crippen LogP contribution in [0.2, 0.25) is 0 Å². The average molecular weight is 394 g/mol. The Morgan fingerprint density at radius 1 is 1.07 bits per heavy atom. The molecule has 5 rings (SSSR count). The Labute approximate surface area is 173 Å². The van der Waals surface area contributed by atoms with Crippen molar-refractivity contribution in [3.05, 3.63) is 34.4 Å². The van der Waals surface area contributed by atoms with Gasteiger partial charge in [0.25, 0.3) is 0 Å². The number of allylic oxidation sites excluding steroid dienone is 5. The smallest absolute Gasteiger partial charge is 0.229 e. The van der Waals surface area contributed by atoms with Gasteiger partial charge in [0.2, 0.25) is 5.91 Å². The van der Waals surface area contributed by atoms with Gasteiger partial charge in [-0.25, -0.2) is 0 Å². The standard InChI is InChI=1S/C25H31NO3/c1-23-9-6-19-21-17(22(29)26(3)4)14-15-13-16(27)5-11-24(15,2)18(21)7-12-25(19,23)20(28)8-10-23/h6,13,17H,5,7-12,14H2,1-4H3/t17-,23+,24?,25?/m1/s1. The van der Waals surface area contributed by atoms with E-state index < -0.39 is 5.41 Å². The SMILES string of the molecule is CN(C)C(=O)[C@@H]1CC2=CC(=O)CCC2(C)C2=C1C1=CC[C@@]3(C)CCC(=O)C13CC2. The fourth-order valence-electron chi connectivity index (χ4n) is 7.34. The third kappa shape index (κ3) is 2.18. The zero-order chi connectivity index (χ0) is 20.8. The van der Waals surface area contributed by atoms with E-state index in [0.717, 1.165) is 37.7 Å². The number of carbonyl (C=O) groups excluding carboxylic acids is 3. The lowest BCUT2D eigenvalue weighted by Crippen LogP contribution is -2.47. The summed E-state index contributed by atoms with van der Waals surface area (Å²) in [5.41, 5.74) is 4.28. The van der Waals surface area contributed by atoms with E-state index in [1.807, 2.05) is 20.2 Å². The number of Topliss-reactive ketones (excluding diaryl/α,β-unsaturated/α-hetero) is 1. The van der Waals surface area contributed by atoms with Gasteiger partial charge in [-0.2, -0.15) is 0 Å². The monoisotopic (exact) mass is 393 g/mol. The minimum Gasteiger partial charge on any atom is -0.348 e. The van der Waals surface area contributed by atoms with Gasteiger partial charge in [-0.1, -0.05) is 31.1 Å². The van der Waals surface area contributed by atoms with Crippen molar-refractivity contribution in [2.75, 3.05) is 14.1 Å². The van der Waals surface area contributed by atoms with E-state index in [9.17, 15) is 14.4 Å². The summed E-state index contributed by atoms with van der Waals surface area (Å²) in [6.45, 7) is 4.55. The molecule has 0 radical (unpaired) electrons. The summed E-state index contributed by atoms with van der Waals surface area (Å²) in [7, 11) is 3.62. The van der Waals surface area contributed by atoms with Crippen LogP contribution in [0.4, 0.5) is 0 Å². The summed E-state index contributed by atoms with van der Waals surface area (Å²) < 4.78 is 0. The maximum Gasteiger partial charge on any atom is 0.229 e. The summed E-state index contributed by atoms with van der Waals surface area (Å²) in [5.74, 6) is 0.389. The summed E-state index contributed by atoms with van der Waals surface area (Å²) >= 11 is 0. The number of carbonyl (C=O) groups is 3. The van der Waals surface area contributed by atoms with Crippen molar-refractivity contribution >= 4 is 17.5 Å². The van der Waals surface area contributed by atoms with Crippen molar-refractivity contribution in [2.24, 2.45) is 22.2 Å². The minimum absolute atomic E-state index is 0.00319. The van der Waals surface area contributed by atoms with Crippen molar-refractivity contribution < 1.29 is 14.4 Å². The lowest BCUT2D eigenvalue weighted by atomic mass is 9.50. The minimum atomic E-state index is -0.390. The molecule has 1 fully saturated rings.